The van der Waals surface area contributed by atoms with Crippen molar-refractivity contribution in [3.05, 3.63) is 77.3 Å². The van der Waals surface area contributed by atoms with Crippen LogP contribution in [0.5, 0.6) is 17.2 Å². The Balaban J connectivity index is 1.55. The van der Waals surface area contributed by atoms with E-state index in [2.05, 4.69) is 10.5 Å². The SMILES string of the molecule is COc1ccc(S(=O)(=O)N(CC(=O)N/N=C\c2cccc3c2OCCO3)c2ccc(Cl)cc2)cc1. The second-order valence-corrected chi connectivity index (χ2v) is 9.63. The summed E-state index contributed by atoms with van der Waals surface area (Å²) in [4.78, 5) is 12.7. The lowest BCUT2D eigenvalue weighted by Gasteiger charge is -2.24. The van der Waals surface area contributed by atoms with Crippen molar-refractivity contribution >= 4 is 39.4 Å². The average molecular weight is 516 g/mol. The van der Waals surface area contributed by atoms with E-state index >= 15 is 0 Å². The first-order valence-corrected chi connectivity index (χ1v) is 12.3. The number of nitrogens with zero attached hydrogens (tertiary/aromatic N) is 2. The molecule has 1 heterocycles. The molecule has 0 spiro atoms. The lowest BCUT2D eigenvalue weighted by atomic mass is 10.2. The summed E-state index contributed by atoms with van der Waals surface area (Å²) in [5.74, 6) is 0.981. The Kier molecular flexibility index (Phi) is 7.42. The van der Waals surface area contributed by atoms with Crippen LogP contribution < -0.4 is 23.9 Å². The fourth-order valence-electron chi connectivity index (χ4n) is 3.33. The Morgan fingerprint density at radius 1 is 1.09 bits per heavy atom. The number of amides is 1. The van der Waals surface area contributed by atoms with Crippen LogP contribution in [0.1, 0.15) is 5.56 Å². The molecule has 0 atom stereocenters. The van der Waals surface area contributed by atoms with E-state index in [4.69, 9.17) is 25.8 Å². The van der Waals surface area contributed by atoms with Gasteiger partial charge in [-0.1, -0.05) is 17.7 Å². The number of carbonyl (C=O) groups excluding carboxylic acids is 1. The number of nitrogens with one attached hydrogen (secondary N) is 1. The molecule has 0 unspecified atom stereocenters. The molecule has 3 aromatic rings. The average Bonchev–Trinajstić information content (AvgIpc) is 2.88. The molecule has 11 heteroatoms. The van der Waals surface area contributed by atoms with Crippen molar-refractivity contribution in [3.8, 4) is 17.2 Å². The number of ether oxygens (including phenoxy) is 3. The smallest absolute Gasteiger partial charge is 0.264 e. The van der Waals surface area contributed by atoms with Gasteiger partial charge >= 0.3 is 0 Å². The topological polar surface area (TPSA) is 107 Å². The second kappa shape index (κ2) is 10.7. The zero-order chi connectivity index (χ0) is 24.8. The molecule has 1 aliphatic rings. The molecular weight excluding hydrogens is 494 g/mol. The first-order valence-electron chi connectivity index (χ1n) is 10.5. The first kappa shape index (κ1) is 24.4. The summed E-state index contributed by atoms with van der Waals surface area (Å²) < 4.78 is 44.1. The third-order valence-corrected chi connectivity index (χ3v) is 7.08. The summed E-state index contributed by atoms with van der Waals surface area (Å²) in [6.07, 6.45) is 1.41. The number of methoxy groups -OCH3 is 1. The molecular formula is C24H22ClN3O6S. The predicted molar refractivity (Wildman–Crippen MR) is 132 cm³/mol. The minimum atomic E-state index is -4.09. The molecule has 0 saturated heterocycles. The molecule has 0 fully saturated rings. The van der Waals surface area contributed by atoms with Gasteiger partial charge in [-0.3, -0.25) is 9.10 Å². The second-order valence-electron chi connectivity index (χ2n) is 7.33. The van der Waals surface area contributed by atoms with E-state index in [1.165, 1.54) is 49.7 Å². The Morgan fingerprint density at radius 3 is 2.51 bits per heavy atom. The quantitative estimate of drug-likeness (QED) is 0.364. The van der Waals surface area contributed by atoms with E-state index in [9.17, 15) is 13.2 Å². The van der Waals surface area contributed by atoms with E-state index < -0.39 is 22.5 Å². The summed E-state index contributed by atoms with van der Waals surface area (Å²) in [5, 5.41) is 4.40. The van der Waals surface area contributed by atoms with Crippen LogP contribution in [0.25, 0.3) is 0 Å². The van der Waals surface area contributed by atoms with E-state index in [0.29, 0.717) is 41.0 Å². The molecule has 9 nitrogen and oxygen atoms in total. The van der Waals surface area contributed by atoms with Crippen LogP contribution in [0, 0.1) is 0 Å². The molecule has 1 amide bonds. The van der Waals surface area contributed by atoms with Gasteiger partial charge in [-0.15, -0.1) is 0 Å². The largest absolute Gasteiger partial charge is 0.497 e. The van der Waals surface area contributed by atoms with Crippen molar-refractivity contribution in [2.24, 2.45) is 5.10 Å². The zero-order valence-corrected chi connectivity index (χ0v) is 20.3. The number of rotatable bonds is 8. The fourth-order valence-corrected chi connectivity index (χ4v) is 4.88. The number of para-hydroxylation sites is 1. The highest BCUT2D eigenvalue weighted by Gasteiger charge is 2.27. The Bertz CT molecular complexity index is 1330. The number of halogens is 1. The van der Waals surface area contributed by atoms with E-state index in [0.717, 1.165) is 4.31 Å². The standard InChI is InChI=1S/C24H22ClN3O6S/c1-32-20-9-11-21(12-10-20)35(30,31)28(19-7-5-18(25)6-8-19)16-23(29)27-26-15-17-3-2-4-22-24(17)34-14-13-33-22/h2-12,15H,13-14,16H2,1H3,(H,27,29)/b26-15-. The maximum atomic E-state index is 13.4. The molecule has 3 aromatic carbocycles. The maximum absolute atomic E-state index is 13.4. The summed E-state index contributed by atoms with van der Waals surface area (Å²) in [5.41, 5.74) is 3.26. The van der Waals surface area contributed by atoms with Gasteiger partial charge < -0.3 is 14.2 Å². The Morgan fingerprint density at radius 2 is 1.80 bits per heavy atom. The monoisotopic (exact) mass is 515 g/mol. The van der Waals surface area contributed by atoms with Crippen molar-refractivity contribution < 1.29 is 27.4 Å². The molecule has 182 valence electrons. The number of hydrogen-bond donors (Lipinski definition) is 1. The molecule has 1 aliphatic heterocycles. The number of anilines is 1. The number of hydrogen-bond acceptors (Lipinski definition) is 7. The van der Waals surface area contributed by atoms with Crippen LogP contribution in [0.4, 0.5) is 5.69 Å². The van der Waals surface area contributed by atoms with Gasteiger partial charge in [-0.2, -0.15) is 5.10 Å². The van der Waals surface area contributed by atoms with Gasteiger partial charge in [0.2, 0.25) is 0 Å². The predicted octanol–water partition coefficient (Wildman–Crippen LogP) is 3.47. The van der Waals surface area contributed by atoms with Crippen LogP contribution >= 0.6 is 11.6 Å². The van der Waals surface area contributed by atoms with Crippen LogP contribution in [-0.2, 0) is 14.8 Å². The molecule has 0 aromatic heterocycles. The van der Waals surface area contributed by atoms with Gasteiger partial charge in [0, 0.05) is 10.6 Å². The highest BCUT2D eigenvalue weighted by atomic mass is 35.5. The summed E-state index contributed by atoms with van der Waals surface area (Å²) >= 11 is 5.96. The molecule has 4 rings (SSSR count). The van der Waals surface area contributed by atoms with Gasteiger partial charge in [0.25, 0.3) is 15.9 Å². The fraction of sp³-hybridized carbons (Fsp3) is 0.167. The Labute approximate surface area is 207 Å². The van der Waals surface area contributed by atoms with Crippen molar-refractivity contribution in [2.45, 2.75) is 4.90 Å². The molecule has 0 saturated carbocycles. The minimum Gasteiger partial charge on any atom is -0.497 e. The Hall–Kier alpha value is -3.76. The summed E-state index contributed by atoms with van der Waals surface area (Å²) in [6, 6.07) is 17.3. The van der Waals surface area contributed by atoms with Gasteiger partial charge in [0.1, 0.15) is 25.5 Å². The van der Waals surface area contributed by atoms with Gasteiger partial charge in [0.05, 0.1) is 23.9 Å². The lowest BCUT2D eigenvalue weighted by Crippen LogP contribution is -2.39. The highest BCUT2D eigenvalue weighted by molar-refractivity contribution is 7.92. The number of hydrazone groups is 1. The molecule has 1 N–H and O–H groups in total. The third-order valence-electron chi connectivity index (χ3n) is 5.04. The van der Waals surface area contributed by atoms with E-state index in [1.807, 2.05) is 0 Å². The van der Waals surface area contributed by atoms with Crippen molar-refractivity contribution in [3.63, 3.8) is 0 Å². The summed E-state index contributed by atoms with van der Waals surface area (Å²) in [6.45, 7) is 0.344. The number of fused-ring (bicyclic) bond motifs is 1. The van der Waals surface area contributed by atoms with Crippen LogP contribution in [0.2, 0.25) is 5.02 Å². The van der Waals surface area contributed by atoms with Crippen LogP contribution in [0.3, 0.4) is 0 Å². The van der Waals surface area contributed by atoms with Crippen molar-refractivity contribution in [1.29, 1.82) is 0 Å². The zero-order valence-electron chi connectivity index (χ0n) is 18.7. The summed E-state index contributed by atoms with van der Waals surface area (Å²) in [7, 11) is -2.61. The van der Waals surface area contributed by atoms with Crippen molar-refractivity contribution in [2.75, 3.05) is 31.2 Å². The van der Waals surface area contributed by atoms with E-state index in [1.54, 1.807) is 30.3 Å². The number of carbonyl (C=O) groups is 1. The van der Waals surface area contributed by atoms with Gasteiger partial charge in [0.15, 0.2) is 11.5 Å². The number of sulfonamides is 1. The normalized spacial score (nSPS) is 12.9. The molecule has 0 radical (unpaired) electrons. The van der Waals surface area contributed by atoms with Gasteiger partial charge in [-0.05, 0) is 60.7 Å². The van der Waals surface area contributed by atoms with Crippen LogP contribution in [0.15, 0.2) is 76.7 Å². The maximum Gasteiger partial charge on any atom is 0.264 e. The van der Waals surface area contributed by atoms with E-state index in [-0.39, 0.29) is 10.6 Å². The number of benzene rings is 3. The molecule has 0 aliphatic carbocycles. The third kappa shape index (κ3) is 5.67. The highest BCUT2D eigenvalue weighted by Crippen LogP contribution is 2.32. The minimum absolute atomic E-state index is 0.00221. The van der Waals surface area contributed by atoms with Gasteiger partial charge in [-0.25, -0.2) is 13.8 Å². The van der Waals surface area contributed by atoms with Crippen LogP contribution in [-0.4, -0.2) is 47.4 Å². The first-order chi connectivity index (χ1) is 16.9. The molecule has 35 heavy (non-hydrogen) atoms. The molecule has 0 bridgehead atoms. The van der Waals surface area contributed by atoms with Crippen molar-refractivity contribution in [1.82, 2.24) is 5.43 Å². The lowest BCUT2D eigenvalue weighted by molar-refractivity contribution is -0.119.